The van der Waals surface area contributed by atoms with Crippen LogP contribution >= 0.6 is 0 Å². The number of hydrogen-bond acceptors (Lipinski definition) is 3. The van der Waals surface area contributed by atoms with Gasteiger partial charge in [-0.25, -0.2) is 0 Å². The van der Waals surface area contributed by atoms with E-state index in [0.29, 0.717) is 59.6 Å². The van der Waals surface area contributed by atoms with Crippen molar-refractivity contribution < 1.29 is 30.7 Å². The second kappa shape index (κ2) is 11.4. The molecule has 0 saturated heterocycles. The first-order valence-corrected chi connectivity index (χ1v) is 9.78. The minimum Gasteiger partial charge on any atom is -0.328 e. The fourth-order valence-corrected chi connectivity index (χ4v) is 3.17. The van der Waals surface area contributed by atoms with E-state index in [0.717, 1.165) is 0 Å². The SMILES string of the molecule is C[I-]CCC(C)(C)/C=C/COCCOCCN. The Morgan fingerprint density at radius 3 is 2.53 bits per heavy atom. The summed E-state index contributed by atoms with van der Waals surface area (Å²) in [4.78, 5) is 2.34. The first-order chi connectivity index (χ1) is 8.12. The molecule has 2 N–H and O–H groups in total. The summed E-state index contributed by atoms with van der Waals surface area (Å²) in [7, 11) is 0. The zero-order valence-corrected chi connectivity index (χ0v) is 13.5. The predicted octanol–water partition coefficient (Wildman–Crippen LogP) is -1.33. The van der Waals surface area contributed by atoms with Gasteiger partial charge in [0.25, 0.3) is 0 Å². The molecule has 0 rings (SSSR count). The zero-order chi connectivity index (χ0) is 13.0. The van der Waals surface area contributed by atoms with Gasteiger partial charge in [0.1, 0.15) is 0 Å². The number of halogens is 1. The van der Waals surface area contributed by atoms with E-state index in [4.69, 9.17) is 15.2 Å². The second-order valence-corrected chi connectivity index (χ2v) is 7.18. The summed E-state index contributed by atoms with van der Waals surface area (Å²) in [6, 6.07) is 0. The quantitative estimate of drug-likeness (QED) is 0.216. The Bertz CT molecular complexity index is 196. The molecule has 0 heterocycles. The molecular formula is C13H27INO2-. The molecule has 0 radical (unpaired) electrons. The Morgan fingerprint density at radius 1 is 1.18 bits per heavy atom. The Labute approximate surface area is 116 Å². The van der Waals surface area contributed by atoms with Gasteiger partial charge in [0.15, 0.2) is 0 Å². The molecule has 0 spiro atoms. The summed E-state index contributed by atoms with van der Waals surface area (Å²) in [5.74, 6) is 0. The average molecular weight is 356 g/mol. The van der Waals surface area contributed by atoms with Crippen LogP contribution in [0.3, 0.4) is 0 Å². The van der Waals surface area contributed by atoms with Crippen LogP contribution in [0.15, 0.2) is 12.2 Å². The number of rotatable bonds is 11. The summed E-state index contributed by atoms with van der Waals surface area (Å²) >= 11 is 0.418. The van der Waals surface area contributed by atoms with Crippen molar-refractivity contribution in [3.8, 4) is 0 Å². The smallest absolute Gasteiger partial charge is 0.328 e. The minimum absolute atomic E-state index is 0.315. The average Bonchev–Trinajstić information content (AvgIpc) is 2.30. The third-order valence-corrected chi connectivity index (χ3v) is 3.96. The maximum absolute atomic E-state index is 5.43. The van der Waals surface area contributed by atoms with E-state index in [1.54, 1.807) is 0 Å². The molecular weight excluding hydrogens is 329 g/mol. The number of alkyl halides is 2. The normalized spacial score (nSPS) is 12.7. The van der Waals surface area contributed by atoms with Crippen molar-refractivity contribution in [1.82, 2.24) is 0 Å². The fourth-order valence-electron chi connectivity index (χ4n) is 1.24. The van der Waals surface area contributed by atoms with Crippen LogP contribution in [0.2, 0.25) is 0 Å². The van der Waals surface area contributed by atoms with Crippen molar-refractivity contribution in [3.63, 3.8) is 0 Å². The van der Waals surface area contributed by atoms with Gasteiger partial charge >= 0.3 is 111 Å². The van der Waals surface area contributed by atoms with E-state index in [2.05, 4.69) is 30.9 Å². The number of hydrogen-bond donors (Lipinski definition) is 1. The van der Waals surface area contributed by atoms with Crippen LogP contribution in [0.1, 0.15) is 20.3 Å². The van der Waals surface area contributed by atoms with Crippen molar-refractivity contribution in [2.24, 2.45) is 11.1 Å². The molecule has 0 bridgehead atoms. The van der Waals surface area contributed by atoms with Crippen molar-refractivity contribution in [2.75, 3.05) is 42.3 Å². The summed E-state index contributed by atoms with van der Waals surface area (Å²) in [5, 5.41) is 0. The van der Waals surface area contributed by atoms with Gasteiger partial charge in [0.2, 0.25) is 0 Å². The van der Waals surface area contributed by atoms with Crippen molar-refractivity contribution in [2.45, 2.75) is 20.3 Å². The third kappa shape index (κ3) is 12.6. The fraction of sp³-hybridized carbons (Fsp3) is 0.846. The molecule has 0 aromatic carbocycles. The maximum atomic E-state index is 5.43. The monoisotopic (exact) mass is 356 g/mol. The van der Waals surface area contributed by atoms with Gasteiger partial charge in [-0.1, -0.05) is 0 Å². The van der Waals surface area contributed by atoms with Crippen LogP contribution in [-0.2, 0) is 9.47 Å². The molecule has 4 heteroatoms. The van der Waals surface area contributed by atoms with Crippen LogP contribution in [0.5, 0.6) is 0 Å². The minimum atomic E-state index is 0.315. The molecule has 17 heavy (non-hydrogen) atoms. The van der Waals surface area contributed by atoms with E-state index in [1.165, 1.54) is 10.8 Å². The molecule has 0 aliphatic carbocycles. The number of allylic oxidation sites excluding steroid dienone is 1. The van der Waals surface area contributed by atoms with Gasteiger partial charge in [-0.2, -0.15) is 0 Å². The van der Waals surface area contributed by atoms with E-state index in [1.807, 2.05) is 0 Å². The van der Waals surface area contributed by atoms with Crippen LogP contribution in [0, 0.1) is 5.41 Å². The molecule has 0 atom stereocenters. The van der Waals surface area contributed by atoms with Crippen molar-refractivity contribution in [3.05, 3.63) is 12.2 Å². The molecule has 0 aliphatic heterocycles. The van der Waals surface area contributed by atoms with Gasteiger partial charge in [-0.15, -0.1) is 0 Å². The van der Waals surface area contributed by atoms with E-state index in [9.17, 15) is 0 Å². The van der Waals surface area contributed by atoms with Crippen LogP contribution in [-0.4, -0.2) is 42.3 Å². The number of ether oxygens (including phenoxy) is 2. The van der Waals surface area contributed by atoms with E-state index < -0.39 is 0 Å². The van der Waals surface area contributed by atoms with E-state index >= 15 is 0 Å². The van der Waals surface area contributed by atoms with Gasteiger partial charge in [0.05, 0.1) is 0 Å². The van der Waals surface area contributed by atoms with Gasteiger partial charge in [-0.05, 0) is 0 Å². The van der Waals surface area contributed by atoms with Crippen molar-refractivity contribution in [1.29, 1.82) is 0 Å². The van der Waals surface area contributed by atoms with E-state index in [-0.39, 0.29) is 0 Å². The van der Waals surface area contributed by atoms with Gasteiger partial charge in [0, 0.05) is 0 Å². The molecule has 0 unspecified atom stereocenters. The Kier molecular flexibility index (Phi) is 11.7. The van der Waals surface area contributed by atoms with Crippen LogP contribution in [0.4, 0.5) is 0 Å². The molecule has 0 fully saturated rings. The first kappa shape index (κ1) is 17.4. The molecule has 3 nitrogen and oxygen atoms in total. The second-order valence-electron chi connectivity index (χ2n) is 4.57. The Morgan fingerprint density at radius 2 is 1.88 bits per heavy atom. The topological polar surface area (TPSA) is 44.5 Å². The zero-order valence-electron chi connectivity index (χ0n) is 11.4. The summed E-state index contributed by atoms with van der Waals surface area (Å²) in [5.41, 5.74) is 5.62. The summed E-state index contributed by atoms with van der Waals surface area (Å²) in [6.07, 6.45) is 5.68. The molecule has 0 aliphatic rings. The van der Waals surface area contributed by atoms with Crippen LogP contribution in [0.25, 0.3) is 0 Å². The molecule has 104 valence electrons. The number of nitrogens with two attached hydrogens (primary N) is 1. The summed E-state index contributed by atoms with van der Waals surface area (Å²) in [6.45, 7) is 7.72. The van der Waals surface area contributed by atoms with Gasteiger partial charge < -0.3 is 5.73 Å². The Balaban J connectivity index is 3.45. The predicted molar refractivity (Wildman–Crippen MR) is 69.0 cm³/mol. The van der Waals surface area contributed by atoms with Crippen LogP contribution < -0.4 is 26.9 Å². The molecule has 0 aromatic heterocycles. The first-order valence-electron chi connectivity index (χ1n) is 6.09. The third-order valence-electron chi connectivity index (χ3n) is 2.35. The summed E-state index contributed by atoms with van der Waals surface area (Å²) < 4.78 is 12.0. The molecule has 0 aromatic rings. The van der Waals surface area contributed by atoms with Gasteiger partial charge in [-0.3, -0.25) is 0 Å². The van der Waals surface area contributed by atoms with Crippen molar-refractivity contribution >= 4 is 0 Å². The Hall–Kier alpha value is 0.350. The molecule has 0 amide bonds. The standard InChI is InChI=1S/C13H27INO2/c1-13(2,6-7-14-3)5-4-9-16-11-12-17-10-8-15/h4-5H,6-12,15H2,1-3H3/q-1/b5-4+. The molecule has 0 saturated carbocycles.